The molecule has 3 heterocycles. The third-order valence-corrected chi connectivity index (χ3v) is 6.47. The van der Waals surface area contributed by atoms with Crippen molar-refractivity contribution in [3.8, 4) is 0 Å². The highest BCUT2D eigenvalue weighted by Crippen LogP contribution is 2.47. The first kappa shape index (κ1) is 27.3. The topological polar surface area (TPSA) is 130 Å². The van der Waals surface area contributed by atoms with E-state index in [1.165, 1.54) is 10.8 Å². The molecule has 0 aromatic carbocycles. The Kier molecular flexibility index (Phi) is 9.85. The van der Waals surface area contributed by atoms with E-state index in [-0.39, 0.29) is 16.9 Å². The molecular weight excluding hydrogens is 452 g/mol. The number of hydrogen-bond donors (Lipinski definition) is 2. The number of anilines is 1. The number of fused-ring (bicyclic) bond motifs is 1. The van der Waals surface area contributed by atoms with Gasteiger partial charge in [0.15, 0.2) is 5.82 Å². The van der Waals surface area contributed by atoms with Gasteiger partial charge in [-0.3, -0.25) is 0 Å². The van der Waals surface area contributed by atoms with Crippen LogP contribution in [0, 0.1) is 0 Å². The largest absolute Gasteiger partial charge is 0.478 e. The molecule has 1 saturated heterocycles. The van der Waals surface area contributed by atoms with Crippen LogP contribution < -0.4 is 5.73 Å². The van der Waals surface area contributed by atoms with Crippen LogP contribution in [0.15, 0.2) is 12.4 Å². The van der Waals surface area contributed by atoms with Crippen molar-refractivity contribution < 1.29 is 28.8 Å². The van der Waals surface area contributed by atoms with Crippen molar-refractivity contribution in [2.45, 2.75) is 90.1 Å². The van der Waals surface area contributed by atoms with E-state index >= 15 is 0 Å². The summed E-state index contributed by atoms with van der Waals surface area (Å²) in [4.78, 5) is 16.0. The molecule has 0 bridgehead atoms. The van der Waals surface area contributed by atoms with Gasteiger partial charge in [-0.1, -0.05) is 40.0 Å². The molecule has 1 aliphatic rings. The number of carbonyl (C=O) groups is 1. The van der Waals surface area contributed by atoms with Gasteiger partial charge in [-0.15, -0.1) is 0 Å². The fourth-order valence-corrected chi connectivity index (χ4v) is 4.50. The zero-order chi connectivity index (χ0) is 25.4. The number of hydrogen-bond acceptors (Lipinski definition) is 8. The molecule has 0 amide bonds. The van der Waals surface area contributed by atoms with Gasteiger partial charge in [0.2, 0.25) is 0 Å². The number of carboxylic acids is 1. The van der Waals surface area contributed by atoms with E-state index in [9.17, 15) is 9.90 Å². The fraction of sp³-hybridized carbons (Fsp3) is 0.720. The predicted octanol–water partition coefficient (Wildman–Crippen LogP) is 4.03. The molecule has 196 valence electrons. The summed E-state index contributed by atoms with van der Waals surface area (Å²) in [6.07, 6.45) is 5.64. The van der Waals surface area contributed by atoms with Crippen LogP contribution in [0.25, 0.3) is 5.52 Å². The number of nitrogens with two attached hydrogens (primary N) is 1. The standard InChI is InChI=1S/C25H40N4O6/c1-5-8-11-32-15-19-22(33-12-9-6-2)25(4,34-13-10-7-3)21(35-19)18-14-17(24(30)31)20-23(26)27-16-28-29(18)20/h14,16,19,21-22H,5-13,15H2,1-4H3,(H,30,31)(H2,26,27,28)/t19-,21+,22-,25+/m1/s1. The number of aromatic nitrogens is 3. The quantitative estimate of drug-likeness (QED) is 0.354. The lowest BCUT2D eigenvalue weighted by Gasteiger charge is -2.35. The van der Waals surface area contributed by atoms with Crippen LogP contribution in [0.4, 0.5) is 5.82 Å². The van der Waals surface area contributed by atoms with E-state index in [0.29, 0.717) is 32.1 Å². The first-order valence-electron chi connectivity index (χ1n) is 12.7. The van der Waals surface area contributed by atoms with E-state index < -0.39 is 29.9 Å². The van der Waals surface area contributed by atoms with Crippen LogP contribution >= 0.6 is 0 Å². The van der Waals surface area contributed by atoms with Gasteiger partial charge in [-0.05, 0) is 32.3 Å². The maximum absolute atomic E-state index is 12.0. The molecule has 2 aromatic heterocycles. The molecule has 0 saturated carbocycles. The molecule has 0 unspecified atom stereocenters. The lowest BCUT2D eigenvalue weighted by atomic mass is 9.90. The summed E-state index contributed by atoms with van der Waals surface area (Å²) in [5.74, 6) is -1.03. The van der Waals surface area contributed by atoms with Gasteiger partial charge in [-0.2, -0.15) is 5.10 Å². The van der Waals surface area contributed by atoms with Crippen molar-refractivity contribution in [1.29, 1.82) is 0 Å². The smallest absolute Gasteiger partial charge is 0.338 e. The molecule has 4 atom stereocenters. The number of aromatic carboxylic acids is 1. The molecular formula is C25H40N4O6. The highest BCUT2D eigenvalue weighted by Gasteiger charge is 2.57. The molecule has 0 radical (unpaired) electrons. The van der Waals surface area contributed by atoms with Gasteiger partial charge >= 0.3 is 5.97 Å². The molecule has 0 aliphatic carbocycles. The van der Waals surface area contributed by atoms with Gasteiger partial charge in [0.05, 0.1) is 17.9 Å². The third kappa shape index (κ3) is 5.94. The zero-order valence-corrected chi connectivity index (χ0v) is 21.4. The van der Waals surface area contributed by atoms with Gasteiger partial charge < -0.3 is 29.8 Å². The second-order valence-corrected chi connectivity index (χ2v) is 9.21. The minimum atomic E-state index is -1.11. The molecule has 0 spiro atoms. The molecule has 10 heteroatoms. The molecule has 3 rings (SSSR count). The SMILES string of the molecule is CCCCOC[C@H]1O[C@@H](c2cc(C(=O)O)c3c(N)ncnn23)[C@](C)(OCCCC)[C@@H]1OCCCC. The van der Waals surface area contributed by atoms with Crippen LogP contribution in [0.5, 0.6) is 0 Å². The molecule has 1 fully saturated rings. The minimum Gasteiger partial charge on any atom is -0.478 e. The van der Waals surface area contributed by atoms with Crippen molar-refractivity contribution in [3.63, 3.8) is 0 Å². The normalized spacial score (nSPS) is 24.4. The molecule has 1 aliphatic heterocycles. The van der Waals surface area contributed by atoms with Crippen molar-refractivity contribution in [2.24, 2.45) is 0 Å². The summed E-state index contributed by atoms with van der Waals surface area (Å²) >= 11 is 0. The Morgan fingerprint density at radius 3 is 2.54 bits per heavy atom. The van der Waals surface area contributed by atoms with Crippen LogP contribution in [0.1, 0.15) is 88.4 Å². The van der Waals surface area contributed by atoms with Crippen molar-refractivity contribution >= 4 is 17.3 Å². The van der Waals surface area contributed by atoms with Crippen LogP contribution in [0.2, 0.25) is 0 Å². The number of nitrogens with zero attached hydrogens (tertiary/aromatic N) is 3. The molecule has 35 heavy (non-hydrogen) atoms. The Bertz CT molecular complexity index is 967. The number of carboxylic acid groups (broad SMARTS) is 1. The van der Waals surface area contributed by atoms with Crippen LogP contribution in [-0.4, -0.2) is 69.9 Å². The maximum Gasteiger partial charge on any atom is 0.338 e. The first-order chi connectivity index (χ1) is 16.9. The predicted molar refractivity (Wildman–Crippen MR) is 132 cm³/mol. The average Bonchev–Trinajstić information content (AvgIpc) is 3.34. The highest BCUT2D eigenvalue weighted by molar-refractivity contribution is 5.99. The fourth-order valence-electron chi connectivity index (χ4n) is 4.50. The van der Waals surface area contributed by atoms with Gasteiger partial charge in [0.1, 0.15) is 35.8 Å². The summed E-state index contributed by atoms with van der Waals surface area (Å²) in [6, 6.07) is 1.55. The molecule has 3 N–H and O–H groups in total. The van der Waals surface area contributed by atoms with Crippen LogP contribution in [0.3, 0.4) is 0 Å². The molecule has 10 nitrogen and oxygen atoms in total. The Morgan fingerprint density at radius 2 is 1.86 bits per heavy atom. The Balaban J connectivity index is 2.04. The highest BCUT2D eigenvalue weighted by atomic mass is 16.6. The Labute approximate surface area is 207 Å². The van der Waals surface area contributed by atoms with Gasteiger partial charge in [0, 0.05) is 19.8 Å². The summed E-state index contributed by atoms with van der Waals surface area (Å²) in [6.45, 7) is 10.4. The zero-order valence-electron chi connectivity index (χ0n) is 21.4. The lowest BCUT2D eigenvalue weighted by molar-refractivity contribution is -0.138. The Hall–Kier alpha value is -2.27. The van der Waals surface area contributed by atoms with E-state index in [1.807, 2.05) is 6.92 Å². The minimum absolute atomic E-state index is 0.0173. The van der Waals surface area contributed by atoms with Gasteiger partial charge in [0.25, 0.3) is 0 Å². The maximum atomic E-state index is 12.0. The summed E-state index contributed by atoms with van der Waals surface area (Å²) in [5.41, 5.74) is 5.94. The Morgan fingerprint density at radius 1 is 1.17 bits per heavy atom. The van der Waals surface area contributed by atoms with Crippen molar-refractivity contribution in [3.05, 3.63) is 23.7 Å². The van der Waals surface area contributed by atoms with E-state index in [1.54, 1.807) is 6.07 Å². The first-order valence-corrected chi connectivity index (χ1v) is 12.7. The van der Waals surface area contributed by atoms with E-state index in [2.05, 4.69) is 30.9 Å². The van der Waals surface area contributed by atoms with E-state index in [0.717, 1.165) is 38.5 Å². The average molecular weight is 493 g/mol. The lowest BCUT2D eigenvalue weighted by Crippen LogP contribution is -2.48. The monoisotopic (exact) mass is 492 g/mol. The number of ether oxygens (including phenoxy) is 4. The third-order valence-electron chi connectivity index (χ3n) is 6.47. The number of unbranched alkanes of at least 4 members (excludes halogenated alkanes) is 3. The van der Waals surface area contributed by atoms with Crippen molar-refractivity contribution in [1.82, 2.24) is 14.6 Å². The second kappa shape index (κ2) is 12.6. The summed E-state index contributed by atoms with van der Waals surface area (Å²) in [5, 5.41) is 14.2. The summed E-state index contributed by atoms with van der Waals surface area (Å²) in [7, 11) is 0. The van der Waals surface area contributed by atoms with Crippen molar-refractivity contribution in [2.75, 3.05) is 32.2 Å². The molecule has 2 aromatic rings. The number of nitrogen functional groups attached to an aromatic ring is 1. The summed E-state index contributed by atoms with van der Waals surface area (Å²) < 4.78 is 26.9. The van der Waals surface area contributed by atoms with E-state index in [4.69, 9.17) is 24.7 Å². The second-order valence-electron chi connectivity index (χ2n) is 9.21. The van der Waals surface area contributed by atoms with Gasteiger partial charge in [-0.25, -0.2) is 14.3 Å². The number of rotatable bonds is 15. The van der Waals surface area contributed by atoms with Crippen LogP contribution in [-0.2, 0) is 18.9 Å².